The molecule has 0 unspecified atom stereocenters. The van der Waals surface area contributed by atoms with Crippen LogP contribution in [0.1, 0.15) is 54.8 Å². The maximum absolute atomic E-state index is 12.2. The molecule has 0 radical (unpaired) electrons. The van der Waals surface area contributed by atoms with E-state index in [4.69, 9.17) is 0 Å². The molecule has 1 aromatic rings. The molecule has 0 fully saturated rings. The lowest BCUT2D eigenvalue weighted by molar-refractivity contribution is -0.139. The van der Waals surface area contributed by atoms with Gasteiger partial charge >= 0.3 is 5.97 Å². The third-order valence-corrected chi connectivity index (χ3v) is 3.76. The fourth-order valence-corrected chi connectivity index (χ4v) is 2.39. The topological polar surface area (TPSA) is 86.7 Å². The Bertz CT molecular complexity index is 577. The molecule has 0 aliphatic carbocycles. The fourth-order valence-electron chi connectivity index (χ4n) is 2.39. The first-order valence-corrected chi connectivity index (χ1v) is 8.23. The van der Waals surface area contributed by atoms with Crippen LogP contribution < -0.4 is 5.32 Å². The molecular formula is C18H26N2O4. The molecule has 6 heteroatoms. The number of benzene rings is 1. The Labute approximate surface area is 142 Å². The molecule has 24 heavy (non-hydrogen) atoms. The van der Waals surface area contributed by atoms with Gasteiger partial charge in [0.1, 0.15) is 6.04 Å². The van der Waals surface area contributed by atoms with Crippen molar-refractivity contribution < 1.29 is 19.5 Å². The predicted molar refractivity (Wildman–Crippen MR) is 92.0 cm³/mol. The number of carbonyl (C=O) groups is 3. The van der Waals surface area contributed by atoms with E-state index < -0.39 is 17.9 Å². The van der Waals surface area contributed by atoms with E-state index in [0.29, 0.717) is 30.6 Å². The van der Waals surface area contributed by atoms with E-state index >= 15 is 0 Å². The van der Waals surface area contributed by atoms with E-state index in [9.17, 15) is 19.5 Å². The van der Waals surface area contributed by atoms with E-state index in [1.165, 1.54) is 0 Å². The first-order chi connectivity index (χ1) is 11.3. The van der Waals surface area contributed by atoms with Gasteiger partial charge in [-0.2, -0.15) is 0 Å². The van der Waals surface area contributed by atoms with Crippen molar-refractivity contribution in [1.82, 2.24) is 10.2 Å². The van der Waals surface area contributed by atoms with Crippen molar-refractivity contribution in [3.8, 4) is 0 Å². The van der Waals surface area contributed by atoms with Gasteiger partial charge in [0.2, 0.25) is 0 Å². The maximum atomic E-state index is 12.2. The Kier molecular flexibility index (Phi) is 7.42. The molecule has 0 saturated carbocycles. The molecular weight excluding hydrogens is 308 g/mol. The highest BCUT2D eigenvalue weighted by molar-refractivity contribution is 5.99. The molecule has 132 valence electrons. The van der Waals surface area contributed by atoms with Gasteiger partial charge in [0.05, 0.1) is 0 Å². The molecule has 0 heterocycles. The summed E-state index contributed by atoms with van der Waals surface area (Å²) in [4.78, 5) is 37.3. The Balaban J connectivity index is 2.82. The summed E-state index contributed by atoms with van der Waals surface area (Å²) in [7, 11) is 0. The molecule has 0 aliphatic heterocycles. The van der Waals surface area contributed by atoms with Crippen LogP contribution >= 0.6 is 0 Å². The van der Waals surface area contributed by atoms with Crippen molar-refractivity contribution in [2.75, 3.05) is 13.1 Å². The van der Waals surface area contributed by atoms with Gasteiger partial charge in [-0.15, -0.1) is 0 Å². The van der Waals surface area contributed by atoms with Crippen LogP contribution in [0.3, 0.4) is 0 Å². The number of carboxylic acid groups (broad SMARTS) is 1. The molecule has 1 aromatic carbocycles. The number of amides is 2. The van der Waals surface area contributed by atoms with E-state index in [-0.39, 0.29) is 11.8 Å². The highest BCUT2D eigenvalue weighted by Crippen LogP contribution is 2.10. The van der Waals surface area contributed by atoms with Crippen LogP contribution in [0.25, 0.3) is 0 Å². The zero-order valence-corrected chi connectivity index (χ0v) is 14.7. The van der Waals surface area contributed by atoms with Crippen molar-refractivity contribution >= 4 is 17.8 Å². The quantitative estimate of drug-likeness (QED) is 0.764. The lowest BCUT2D eigenvalue weighted by Crippen LogP contribution is -2.41. The number of carbonyl (C=O) groups excluding carboxylic acids is 2. The summed E-state index contributed by atoms with van der Waals surface area (Å²) in [5.74, 6) is -1.44. The molecule has 1 atom stereocenters. The number of carboxylic acids is 1. The van der Waals surface area contributed by atoms with Gasteiger partial charge < -0.3 is 15.3 Å². The summed E-state index contributed by atoms with van der Waals surface area (Å²) in [6.07, 6.45) is 0.361. The van der Waals surface area contributed by atoms with Crippen LogP contribution in [0.15, 0.2) is 24.3 Å². The van der Waals surface area contributed by atoms with Crippen molar-refractivity contribution in [1.29, 1.82) is 0 Å². The SMILES string of the molecule is CCN(CC)C(=O)c1ccc(C(=O)N[C@@H](CC(C)C)C(=O)O)cc1. The van der Waals surface area contributed by atoms with E-state index in [1.54, 1.807) is 29.2 Å². The van der Waals surface area contributed by atoms with Crippen molar-refractivity contribution in [3.63, 3.8) is 0 Å². The highest BCUT2D eigenvalue weighted by atomic mass is 16.4. The van der Waals surface area contributed by atoms with Gasteiger partial charge in [0.25, 0.3) is 11.8 Å². The number of rotatable bonds is 8. The standard InChI is InChI=1S/C18H26N2O4/c1-5-20(6-2)17(22)14-9-7-13(8-10-14)16(21)19-15(18(23)24)11-12(3)4/h7-10,12,15H,5-6,11H2,1-4H3,(H,19,21)(H,23,24)/t15-/m0/s1. The van der Waals surface area contributed by atoms with Gasteiger partial charge in [-0.1, -0.05) is 13.8 Å². The van der Waals surface area contributed by atoms with Crippen LogP contribution in [0, 0.1) is 5.92 Å². The van der Waals surface area contributed by atoms with Crippen molar-refractivity contribution in [3.05, 3.63) is 35.4 Å². The minimum atomic E-state index is -1.05. The Morgan fingerprint density at radius 2 is 1.54 bits per heavy atom. The van der Waals surface area contributed by atoms with Gasteiger partial charge in [-0.25, -0.2) is 4.79 Å². The van der Waals surface area contributed by atoms with Gasteiger partial charge in [-0.3, -0.25) is 9.59 Å². The smallest absolute Gasteiger partial charge is 0.326 e. The summed E-state index contributed by atoms with van der Waals surface area (Å²) in [5, 5.41) is 11.7. The van der Waals surface area contributed by atoms with Gasteiger partial charge in [-0.05, 0) is 50.5 Å². The van der Waals surface area contributed by atoms with Crippen LogP contribution in [0.5, 0.6) is 0 Å². The third kappa shape index (κ3) is 5.37. The van der Waals surface area contributed by atoms with E-state index in [1.807, 2.05) is 27.7 Å². The lowest BCUT2D eigenvalue weighted by atomic mass is 10.0. The minimum Gasteiger partial charge on any atom is -0.480 e. The first-order valence-electron chi connectivity index (χ1n) is 8.23. The second-order valence-corrected chi connectivity index (χ2v) is 6.05. The second-order valence-electron chi connectivity index (χ2n) is 6.05. The zero-order valence-electron chi connectivity index (χ0n) is 14.7. The van der Waals surface area contributed by atoms with Gasteiger partial charge in [0.15, 0.2) is 0 Å². The molecule has 2 amide bonds. The predicted octanol–water partition coefficient (Wildman–Crippen LogP) is 2.40. The average molecular weight is 334 g/mol. The third-order valence-electron chi connectivity index (χ3n) is 3.76. The fraction of sp³-hybridized carbons (Fsp3) is 0.500. The monoisotopic (exact) mass is 334 g/mol. The normalized spacial score (nSPS) is 11.9. The molecule has 0 saturated heterocycles. The van der Waals surface area contributed by atoms with Crippen LogP contribution in [-0.4, -0.2) is 46.9 Å². The van der Waals surface area contributed by atoms with Crippen LogP contribution in [0.4, 0.5) is 0 Å². The number of hydrogen-bond donors (Lipinski definition) is 2. The Hall–Kier alpha value is -2.37. The van der Waals surface area contributed by atoms with E-state index in [0.717, 1.165) is 0 Å². The first kappa shape index (κ1) is 19.7. The number of aliphatic carboxylic acids is 1. The Morgan fingerprint density at radius 3 is 1.96 bits per heavy atom. The summed E-state index contributed by atoms with van der Waals surface area (Å²) < 4.78 is 0. The average Bonchev–Trinajstić information content (AvgIpc) is 2.54. The molecule has 1 rings (SSSR count). The zero-order chi connectivity index (χ0) is 18.3. The number of nitrogens with zero attached hydrogens (tertiary/aromatic N) is 1. The lowest BCUT2D eigenvalue weighted by Gasteiger charge is -2.19. The molecule has 0 aromatic heterocycles. The van der Waals surface area contributed by atoms with Gasteiger partial charge in [0, 0.05) is 24.2 Å². The van der Waals surface area contributed by atoms with E-state index in [2.05, 4.69) is 5.32 Å². The largest absolute Gasteiger partial charge is 0.480 e. The van der Waals surface area contributed by atoms with Crippen LogP contribution in [-0.2, 0) is 4.79 Å². The van der Waals surface area contributed by atoms with Crippen molar-refractivity contribution in [2.45, 2.75) is 40.2 Å². The molecule has 0 aliphatic rings. The van der Waals surface area contributed by atoms with Crippen LogP contribution in [0.2, 0.25) is 0 Å². The maximum Gasteiger partial charge on any atom is 0.326 e. The second kappa shape index (κ2) is 9.05. The highest BCUT2D eigenvalue weighted by Gasteiger charge is 2.22. The molecule has 0 spiro atoms. The number of nitrogens with one attached hydrogen (secondary N) is 1. The minimum absolute atomic E-state index is 0.0878. The molecule has 6 nitrogen and oxygen atoms in total. The summed E-state index contributed by atoms with van der Waals surface area (Å²) in [5.41, 5.74) is 0.841. The van der Waals surface area contributed by atoms with Crippen molar-refractivity contribution in [2.24, 2.45) is 5.92 Å². The molecule has 0 bridgehead atoms. The summed E-state index contributed by atoms with van der Waals surface area (Å²) >= 11 is 0. The summed E-state index contributed by atoms with van der Waals surface area (Å²) in [6.45, 7) is 8.85. The molecule has 2 N–H and O–H groups in total. The number of hydrogen-bond acceptors (Lipinski definition) is 3. The Morgan fingerprint density at radius 1 is 1.04 bits per heavy atom. The summed E-state index contributed by atoms with van der Waals surface area (Å²) in [6, 6.07) is 5.34.